The van der Waals surface area contributed by atoms with Crippen LogP contribution in [0.15, 0.2) is 59.7 Å². The number of aryl methyl sites for hydroxylation is 2. The Morgan fingerprint density at radius 1 is 1.06 bits per heavy atom. The van der Waals surface area contributed by atoms with Gasteiger partial charge < -0.3 is 9.47 Å². The lowest BCUT2D eigenvalue weighted by molar-refractivity contribution is -0.120. The average Bonchev–Trinajstić information content (AvgIpc) is 2.76. The molecule has 32 heavy (non-hydrogen) atoms. The zero-order valence-corrected chi connectivity index (χ0v) is 19.6. The second kappa shape index (κ2) is 11.0. The van der Waals surface area contributed by atoms with Crippen molar-refractivity contribution in [2.75, 3.05) is 7.11 Å². The third-order valence-electron chi connectivity index (χ3n) is 4.81. The van der Waals surface area contributed by atoms with E-state index in [1.165, 1.54) is 13.3 Å². The highest BCUT2D eigenvalue weighted by Crippen LogP contribution is 2.36. The molecule has 166 valence electrons. The molecule has 0 aliphatic rings. The summed E-state index contributed by atoms with van der Waals surface area (Å²) in [6, 6.07) is 16.8. The van der Waals surface area contributed by atoms with Crippen molar-refractivity contribution in [3.63, 3.8) is 0 Å². The van der Waals surface area contributed by atoms with Gasteiger partial charge in [0.05, 0.1) is 24.8 Å². The van der Waals surface area contributed by atoms with Crippen molar-refractivity contribution in [2.24, 2.45) is 5.10 Å². The first kappa shape index (κ1) is 23.6. The molecule has 0 radical (unpaired) electrons. The normalized spacial score (nSPS) is 10.9. The van der Waals surface area contributed by atoms with Crippen LogP contribution in [0.2, 0.25) is 10.0 Å². The molecule has 0 spiro atoms. The Morgan fingerprint density at radius 2 is 1.81 bits per heavy atom. The molecule has 5 nitrogen and oxygen atoms in total. The summed E-state index contributed by atoms with van der Waals surface area (Å²) < 4.78 is 11.3. The smallest absolute Gasteiger partial charge is 0.244 e. The van der Waals surface area contributed by atoms with Crippen molar-refractivity contribution >= 4 is 35.3 Å². The van der Waals surface area contributed by atoms with Gasteiger partial charge in [-0.2, -0.15) is 5.10 Å². The standard InChI is InChI=1S/C25H24Cl2N2O3/c1-16-4-5-17(2)20(10-16)13-24(30)29-28-14-19-11-22(27)25(23(12-19)31-3)32-15-18-6-8-21(26)9-7-18/h4-12,14H,13,15H2,1-3H3,(H,29,30)/b28-14+. The Bertz CT molecular complexity index is 1130. The molecule has 0 fully saturated rings. The highest BCUT2D eigenvalue weighted by Gasteiger charge is 2.12. The number of methoxy groups -OCH3 is 1. The quantitative estimate of drug-likeness (QED) is 0.329. The van der Waals surface area contributed by atoms with Gasteiger partial charge in [0.15, 0.2) is 11.5 Å². The molecule has 7 heteroatoms. The zero-order valence-electron chi connectivity index (χ0n) is 18.1. The first-order valence-electron chi connectivity index (χ1n) is 9.98. The Labute approximate surface area is 198 Å². The van der Waals surface area contributed by atoms with E-state index in [1.54, 1.807) is 24.3 Å². The Morgan fingerprint density at radius 3 is 2.53 bits per heavy atom. The van der Waals surface area contributed by atoms with Gasteiger partial charge in [0, 0.05) is 5.02 Å². The molecule has 0 aliphatic heterocycles. The van der Waals surface area contributed by atoms with Crippen LogP contribution < -0.4 is 14.9 Å². The molecule has 0 bridgehead atoms. The summed E-state index contributed by atoms with van der Waals surface area (Å²) in [5, 5.41) is 5.08. The second-order valence-electron chi connectivity index (χ2n) is 7.35. The number of carbonyl (C=O) groups is 1. The fourth-order valence-electron chi connectivity index (χ4n) is 3.07. The van der Waals surface area contributed by atoms with E-state index in [1.807, 2.05) is 44.2 Å². The number of rotatable bonds is 8. The van der Waals surface area contributed by atoms with Crippen LogP contribution in [0.4, 0.5) is 0 Å². The number of ether oxygens (including phenoxy) is 2. The van der Waals surface area contributed by atoms with Crippen molar-refractivity contribution < 1.29 is 14.3 Å². The molecule has 0 atom stereocenters. The van der Waals surface area contributed by atoms with Crippen LogP contribution in [-0.4, -0.2) is 19.2 Å². The molecule has 3 aromatic rings. The lowest BCUT2D eigenvalue weighted by Gasteiger charge is -2.13. The van der Waals surface area contributed by atoms with Crippen molar-refractivity contribution in [1.29, 1.82) is 0 Å². The maximum atomic E-state index is 12.2. The molecule has 0 saturated carbocycles. The van der Waals surface area contributed by atoms with Crippen molar-refractivity contribution in [3.05, 3.63) is 92.5 Å². The molecule has 1 amide bonds. The number of hydrogen-bond donors (Lipinski definition) is 1. The number of halogens is 2. The van der Waals surface area contributed by atoms with Crippen LogP contribution in [0, 0.1) is 13.8 Å². The van der Waals surface area contributed by atoms with Crippen LogP contribution in [0.5, 0.6) is 11.5 Å². The predicted octanol–water partition coefficient (Wildman–Crippen LogP) is 5.89. The van der Waals surface area contributed by atoms with Crippen molar-refractivity contribution in [2.45, 2.75) is 26.9 Å². The van der Waals surface area contributed by atoms with Crippen LogP contribution in [0.1, 0.15) is 27.8 Å². The predicted molar refractivity (Wildman–Crippen MR) is 129 cm³/mol. The van der Waals surface area contributed by atoms with Gasteiger partial charge in [-0.3, -0.25) is 4.79 Å². The van der Waals surface area contributed by atoms with Gasteiger partial charge in [0.25, 0.3) is 0 Å². The first-order chi connectivity index (χ1) is 15.4. The summed E-state index contributed by atoms with van der Waals surface area (Å²) in [5.41, 5.74) is 7.33. The molecule has 0 saturated heterocycles. The highest BCUT2D eigenvalue weighted by atomic mass is 35.5. The SMILES string of the molecule is COc1cc(/C=N/NC(=O)Cc2cc(C)ccc2C)cc(Cl)c1OCc1ccc(Cl)cc1. The van der Waals surface area contributed by atoms with Gasteiger partial charge in [0.2, 0.25) is 5.91 Å². The number of nitrogens with zero attached hydrogens (tertiary/aromatic N) is 1. The van der Waals surface area contributed by atoms with Gasteiger partial charge in [-0.1, -0.05) is 59.1 Å². The fraction of sp³-hybridized carbons (Fsp3) is 0.200. The topological polar surface area (TPSA) is 59.9 Å². The molecule has 0 aliphatic carbocycles. The van der Waals surface area contributed by atoms with E-state index in [9.17, 15) is 4.79 Å². The van der Waals surface area contributed by atoms with E-state index < -0.39 is 0 Å². The van der Waals surface area contributed by atoms with E-state index in [0.717, 1.165) is 22.3 Å². The monoisotopic (exact) mass is 470 g/mol. The first-order valence-corrected chi connectivity index (χ1v) is 10.7. The molecule has 1 N–H and O–H groups in total. The molecule has 3 rings (SSSR count). The molecule has 0 heterocycles. The van der Waals surface area contributed by atoms with Crippen LogP contribution in [-0.2, 0) is 17.8 Å². The summed E-state index contributed by atoms with van der Waals surface area (Å²) in [4.78, 5) is 12.2. The van der Waals surface area contributed by atoms with E-state index >= 15 is 0 Å². The number of amides is 1. The lowest BCUT2D eigenvalue weighted by Crippen LogP contribution is -2.20. The molecular formula is C25H24Cl2N2O3. The minimum absolute atomic E-state index is 0.198. The van der Waals surface area contributed by atoms with E-state index in [4.69, 9.17) is 32.7 Å². The van der Waals surface area contributed by atoms with Crippen molar-refractivity contribution in [3.8, 4) is 11.5 Å². The third-order valence-corrected chi connectivity index (χ3v) is 5.34. The molecular weight excluding hydrogens is 447 g/mol. The summed E-state index contributed by atoms with van der Waals surface area (Å²) in [5.74, 6) is 0.700. The van der Waals surface area contributed by atoms with E-state index in [-0.39, 0.29) is 12.3 Å². The Kier molecular flexibility index (Phi) is 8.14. The van der Waals surface area contributed by atoms with Gasteiger partial charge in [-0.25, -0.2) is 5.43 Å². The van der Waals surface area contributed by atoms with Gasteiger partial charge >= 0.3 is 0 Å². The number of carbonyl (C=O) groups excluding carboxylic acids is 1. The van der Waals surface area contributed by atoms with Gasteiger partial charge in [-0.05, 0) is 60.4 Å². The fourth-order valence-corrected chi connectivity index (χ4v) is 3.47. The average molecular weight is 471 g/mol. The van der Waals surface area contributed by atoms with Gasteiger partial charge in [0.1, 0.15) is 6.61 Å². The van der Waals surface area contributed by atoms with Crippen LogP contribution in [0.3, 0.4) is 0 Å². The summed E-state index contributed by atoms with van der Waals surface area (Å²) in [6.45, 7) is 4.30. The largest absolute Gasteiger partial charge is 0.493 e. The molecule has 0 unspecified atom stereocenters. The number of hydrazone groups is 1. The van der Waals surface area contributed by atoms with E-state index in [0.29, 0.717) is 33.7 Å². The lowest BCUT2D eigenvalue weighted by atomic mass is 10.0. The maximum absolute atomic E-state index is 12.2. The second-order valence-corrected chi connectivity index (χ2v) is 8.19. The maximum Gasteiger partial charge on any atom is 0.244 e. The molecule has 3 aromatic carbocycles. The molecule has 0 aromatic heterocycles. The van der Waals surface area contributed by atoms with E-state index in [2.05, 4.69) is 10.5 Å². The van der Waals surface area contributed by atoms with Gasteiger partial charge in [-0.15, -0.1) is 0 Å². The third kappa shape index (κ3) is 6.49. The highest BCUT2D eigenvalue weighted by molar-refractivity contribution is 6.32. The Hall–Kier alpha value is -3.02. The van der Waals surface area contributed by atoms with Crippen LogP contribution in [0.25, 0.3) is 0 Å². The number of hydrogen-bond acceptors (Lipinski definition) is 4. The minimum Gasteiger partial charge on any atom is -0.493 e. The number of benzene rings is 3. The summed E-state index contributed by atoms with van der Waals surface area (Å²) in [7, 11) is 1.54. The zero-order chi connectivity index (χ0) is 23.1. The Balaban J connectivity index is 1.64. The summed E-state index contributed by atoms with van der Waals surface area (Å²) >= 11 is 12.3. The summed E-state index contributed by atoms with van der Waals surface area (Å²) in [6.07, 6.45) is 1.77. The number of nitrogens with one attached hydrogen (secondary N) is 1. The minimum atomic E-state index is -0.198. The van der Waals surface area contributed by atoms with Crippen molar-refractivity contribution in [1.82, 2.24) is 5.43 Å². The van der Waals surface area contributed by atoms with Crippen LogP contribution >= 0.6 is 23.2 Å².